The number of nitrogens with zero attached hydrogens (tertiary/aromatic N) is 6. The molecular formula is C36H54N8O12S. The number of amides is 8. The highest BCUT2D eigenvalue weighted by Crippen LogP contribution is 2.34. The molecule has 0 radical (unpaired) electrons. The molecule has 6 heterocycles. The standard InChI is InChI=1S/C36H54N8O12S/c1-21-17-25-19-41(27(21)29(45)37-23-9-13-39(14-10-23)33(49)53-35(3,4)5)31(47)43(25)55-57(51,52)56-44-26-18-22(2)28(42(20-26)32(44)48)30(46)38-24-11-15-40(16-12-24)34(50)54-36(6,7)8/h17-18,23-28H,9-16,19-20H2,1-8H3,(H,37,45)(H,38,46)/t25-,26-,27+,28+/m1/s1. The van der Waals surface area contributed by atoms with Gasteiger partial charge in [-0.3, -0.25) is 9.59 Å². The van der Waals surface area contributed by atoms with Crippen molar-refractivity contribution in [2.75, 3.05) is 39.3 Å². The number of fused-ring (bicyclic) bond motifs is 4. The lowest BCUT2D eigenvalue weighted by atomic mass is 9.98. The molecule has 0 aromatic rings. The summed E-state index contributed by atoms with van der Waals surface area (Å²) < 4.78 is 47.8. The van der Waals surface area contributed by atoms with Crippen molar-refractivity contribution in [3.8, 4) is 0 Å². The fourth-order valence-corrected chi connectivity index (χ4v) is 8.67. The van der Waals surface area contributed by atoms with E-state index in [-0.39, 0.29) is 25.2 Å². The second kappa shape index (κ2) is 15.6. The van der Waals surface area contributed by atoms with Crippen molar-refractivity contribution in [1.29, 1.82) is 0 Å². The molecule has 316 valence electrons. The smallest absolute Gasteiger partial charge is 0.442 e. The van der Waals surface area contributed by atoms with Gasteiger partial charge >= 0.3 is 34.6 Å². The van der Waals surface area contributed by atoms with Crippen LogP contribution >= 0.6 is 0 Å². The summed E-state index contributed by atoms with van der Waals surface area (Å²) in [5, 5.41) is 7.13. The van der Waals surface area contributed by atoms with Gasteiger partial charge in [0.15, 0.2) is 0 Å². The minimum absolute atomic E-state index is 0.0430. The minimum atomic E-state index is -5.08. The molecule has 8 amide bonds. The van der Waals surface area contributed by atoms with Crippen LogP contribution in [-0.4, -0.2) is 161 Å². The van der Waals surface area contributed by atoms with Gasteiger partial charge < -0.3 is 39.7 Å². The van der Waals surface area contributed by atoms with Crippen LogP contribution in [0.4, 0.5) is 19.2 Å². The number of hydrogen-bond donors (Lipinski definition) is 2. The number of nitrogens with one attached hydrogen (secondary N) is 2. The van der Waals surface area contributed by atoms with Crippen molar-refractivity contribution < 1.29 is 55.2 Å². The Morgan fingerprint density at radius 2 is 0.965 bits per heavy atom. The average molecular weight is 823 g/mol. The Kier molecular flexibility index (Phi) is 11.5. The van der Waals surface area contributed by atoms with E-state index in [9.17, 15) is 37.2 Å². The monoisotopic (exact) mass is 822 g/mol. The number of piperidine rings is 2. The topological polar surface area (TPSA) is 217 Å². The zero-order chi connectivity index (χ0) is 41.8. The van der Waals surface area contributed by atoms with E-state index in [4.69, 9.17) is 18.0 Å². The number of rotatable bonds is 8. The number of ether oxygens (including phenoxy) is 2. The normalized spacial score (nSPS) is 26.0. The van der Waals surface area contributed by atoms with Gasteiger partial charge in [-0.1, -0.05) is 12.2 Å². The molecule has 0 aliphatic carbocycles. The first kappa shape index (κ1) is 42.0. The van der Waals surface area contributed by atoms with E-state index in [2.05, 4.69) is 10.6 Å². The van der Waals surface area contributed by atoms with Gasteiger partial charge in [0.2, 0.25) is 11.8 Å². The number of hydroxylamine groups is 4. The van der Waals surface area contributed by atoms with Crippen molar-refractivity contribution in [2.24, 2.45) is 0 Å². The summed E-state index contributed by atoms with van der Waals surface area (Å²) in [4.78, 5) is 84.6. The van der Waals surface area contributed by atoms with Gasteiger partial charge in [-0.05, 0) is 92.2 Å². The fourth-order valence-electron chi connectivity index (χ4n) is 7.91. The predicted molar refractivity (Wildman–Crippen MR) is 200 cm³/mol. The fraction of sp³-hybridized carbons (Fsp3) is 0.722. The molecule has 0 aromatic heterocycles. The maximum Gasteiger partial charge on any atom is 0.442 e. The Bertz CT molecular complexity index is 1700. The summed E-state index contributed by atoms with van der Waals surface area (Å²) in [5.74, 6) is -0.911. The molecule has 4 bridgehead atoms. The van der Waals surface area contributed by atoms with Crippen LogP contribution in [0.15, 0.2) is 23.3 Å². The van der Waals surface area contributed by atoms with Gasteiger partial charge in [-0.25, -0.2) is 19.2 Å². The van der Waals surface area contributed by atoms with Gasteiger partial charge in [-0.2, -0.15) is 18.5 Å². The summed E-state index contributed by atoms with van der Waals surface area (Å²) in [6, 6.07) is -6.12. The Morgan fingerprint density at radius 1 is 0.632 bits per heavy atom. The Labute approximate surface area is 332 Å². The Morgan fingerprint density at radius 3 is 1.28 bits per heavy atom. The lowest BCUT2D eigenvalue weighted by Crippen LogP contribution is -2.54. The molecule has 6 aliphatic rings. The molecule has 6 aliphatic heterocycles. The van der Waals surface area contributed by atoms with E-state index in [0.29, 0.717) is 73.1 Å². The molecule has 2 N–H and O–H groups in total. The average Bonchev–Trinajstić information content (AvgIpc) is 3.47. The van der Waals surface area contributed by atoms with Gasteiger partial charge in [0, 0.05) is 38.3 Å². The van der Waals surface area contributed by atoms with Crippen LogP contribution in [0, 0.1) is 0 Å². The van der Waals surface area contributed by atoms with Gasteiger partial charge in [0.25, 0.3) is 0 Å². The maximum atomic E-state index is 13.5. The van der Waals surface area contributed by atoms with Crippen LogP contribution in [0.1, 0.15) is 81.1 Å². The molecule has 0 saturated carbocycles. The van der Waals surface area contributed by atoms with Crippen LogP contribution < -0.4 is 10.6 Å². The van der Waals surface area contributed by atoms with Gasteiger partial charge in [-0.15, -0.1) is 8.57 Å². The van der Waals surface area contributed by atoms with E-state index in [0.717, 1.165) is 0 Å². The second-order valence-corrected chi connectivity index (χ2v) is 18.5. The lowest BCUT2D eigenvalue weighted by molar-refractivity contribution is -0.126. The molecule has 21 heteroatoms. The zero-order valence-corrected chi connectivity index (χ0v) is 34.5. The second-order valence-electron chi connectivity index (χ2n) is 17.3. The Hall–Kier alpha value is -4.63. The first-order chi connectivity index (χ1) is 26.5. The highest BCUT2D eigenvalue weighted by molar-refractivity contribution is 7.81. The van der Waals surface area contributed by atoms with E-state index >= 15 is 0 Å². The van der Waals surface area contributed by atoms with Crippen LogP contribution in [0.25, 0.3) is 0 Å². The third-order valence-electron chi connectivity index (χ3n) is 10.5. The predicted octanol–water partition coefficient (Wildman–Crippen LogP) is 2.00. The Balaban J connectivity index is 1.01. The van der Waals surface area contributed by atoms with Crippen LogP contribution in [-0.2, 0) is 38.0 Å². The molecule has 0 spiro atoms. The van der Waals surface area contributed by atoms with Crippen molar-refractivity contribution in [1.82, 2.24) is 40.4 Å². The number of likely N-dealkylation sites (tertiary alicyclic amines) is 2. The van der Waals surface area contributed by atoms with Crippen molar-refractivity contribution in [3.63, 3.8) is 0 Å². The largest absolute Gasteiger partial charge is 0.444 e. The molecule has 0 unspecified atom stereocenters. The highest BCUT2D eigenvalue weighted by atomic mass is 32.3. The van der Waals surface area contributed by atoms with E-state index in [1.54, 1.807) is 77.3 Å². The van der Waals surface area contributed by atoms with E-state index < -0.39 is 81.8 Å². The third kappa shape index (κ3) is 9.41. The summed E-state index contributed by atoms with van der Waals surface area (Å²) in [7, 11) is -5.08. The molecule has 0 aromatic carbocycles. The highest BCUT2D eigenvalue weighted by Gasteiger charge is 2.52. The zero-order valence-electron chi connectivity index (χ0n) is 33.7. The van der Waals surface area contributed by atoms with E-state index in [1.807, 2.05) is 0 Å². The molecule has 4 saturated heterocycles. The third-order valence-corrected chi connectivity index (χ3v) is 11.1. The minimum Gasteiger partial charge on any atom is -0.444 e. The molecule has 20 nitrogen and oxygen atoms in total. The lowest BCUT2D eigenvalue weighted by Gasteiger charge is -2.35. The SMILES string of the molecule is CC1=C[C@@H]2CN(C(=O)N2OS(=O)(=O)ON2C(=O)N3C[C@H]2C=C(C)[C@H]3C(=O)NC2CCN(C(=O)OC(C)(C)C)CC2)[C@@H]1C(=O)NC1CCN(C(=O)OC(C)(C)C)CC1. The number of carbonyl (C=O) groups excluding carboxylic acids is 6. The summed E-state index contributed by atoms with van der Waals surface area (Å²) in [6.45, 7) is 15.5. The van der Waals surface area contributed by atoms with Gasteiger partial charge in [0.05, 0.1) is 25.2 Å². The van der Waals surface area contributed by atoms with Crippen LogP contribution in [0.3, 0.4) is 0 Å². The summed E-state index contributed by atoms with van der Waals surface area (Å²) in [6.07, 6.45) is 4.21. The van der Waals surface area contributed by atoms with E-state index in [1.165, 1.54) is 9.80 Å². The number of hydrogen-bond acceptors (Lipinski definition) is 12. The summed E-state index contributed by atoms with van der Waals surface area (Å²) >= 11 is 0. The molecule has 4 fully saturated rings. The van der Waals surface area contributed by atoms with Crippen molar-refractivity contribution in [2.45, 2.75) is 129 Å². The number of urea groups is 2. The maximum absolute atomic E-state index is 13.5. The molecule has 6 rings (SSSR count). The summed E-state index contributed by atoms with van der Waals surface area (Å²) in [5.41, 5.74) is -0.261. The van der Waals surface area contributed by atoms with Crippen LogP contribution in [0.2, 0.25) is 0 Å². The van der Waals surface area contributed by atoms with Gasteiger partial charge in [0.1, 0.15) is 23.3 Å². The first-order valence-corrected chi connectivity index (χ1v) is 20.6. The van der Waals surface area contributed by atoms with Crippen molar-refractivity contribution in [3.05, 3.63) is 23.3 Å². The van der Waals surface area contributed by atoms with Crippen molar-refractivity contribution >= 4 is 46.5 Å². The first-order valence-electron chi connectivity index (χ1n) is 19.3. The molecule has 57 heavy (non-hydrogen) atoms. The molecule has 4 atom stereocenters. The molecular weight excluding hydrogens is 769 g/mol. The van der Waals surface area contributed by atoms with Crippen LogP contribution in [0.5, 0.6) is 0 Å². The number of carbonyl (C=O) groups is 6. The quantitative estimate of drug-likeness (QED) is 0.336.